The van der Waals surface area contributed by atoms with E-state index in [0.717, 1.165) is 5.56 Å². The zero-order valence-electron chi connectivity index (χ0n) is 14.4. The number of ether oxygens (including phenoxy) is 2. The van der Waals surface area contributed by atoms with Crippen molar-refractivity contribution in [1.82, 2.24) is 4.90 Å². The van der Waals surface area contributed by atoms with Crippen LogP contribution in [0.1, 0.15) is 29.8 Å². The Morgan fingerprint density at radius 3 is 2.40 bits per heavy atom. The maximum atomic E-state index is 12.6. The smallest absolute Gasteiger partial charge is 0.254 e. The van der Waals surface area contributed by atoms with Crippen LogP contribution in [0.5, 0.6) is 5.75 Å². The molecule has 0 aliphatic carbocycles. The first-order chi connectivity index (χ1) is 12.0. The van der Waals surface area contributed by atoms with Gasteiger partial charge in [-0.1, -0.05) is 29.8 Å². The highest BCUT2D eigenvalue weighted by atomic mass is 35.5. The van der Waals surface area contributed by atoms with Crippen LogP contribution in [0.25, 0.3) is 0 Å². The molecule has 0 N–H and O–H groups in total. The van der Waals surface area contributed by atoms with E-state index >= 15 is 0 Å². The van der Waals surface area contributed by atoms with Gasteiger partial charge in [0.1, 0.15) is 12.4 Å². The minimum atomic E-state index is 0.0275. The zero-order chi connectivity index (χ0) is 17.8. The van der Waals surface area contributed by atoms with Crippen LogP contribution in [0, 0.1) is 0 Å². The molecule has 132 valence electrons. The molecular formula is C20H22ClNO3. The van der Waals surface area contributed by atoms with Gasteiger partial charge in [-0.3, -0.25) is 4.79 Å². The predicted molar refractivity (Wildman–Crippen MR) is 98.1 cm³/mol. The highest BCUT2D eigenvalue weighted by Crippen LogP contribution is 2.20. The van der Waals surface area contributed by atoms with Crippen LogP contribution in [0.15, 0.2) is 48.5 Å². The monoisotopic (exact) mass is 359 g/mol. The van der Waals surface area contributed by atoms with Crippen molar-refractivity contribution < 1.29 is 14.3 Å². The Bertz CT molecular complexity index is 722. The minimum absolute atomic E-state index is 0.0275. The molecular weight excluding hydrogens is 338 g/mol. The Morgan fingerprint density at radius 1 is 1.12 bits per heavy atom. The molecule has 1 heterocycles. The summed E-state index contributed by atoms with van der Waals surface area (Å²) < 4.78 is 11.4. The van der Waals surface area contributed by atoms with Crippen molar-refractivity contribution in [3.05, 3.63) is 64.7 Å². The number of amides is 1. The molecule has 0 aromatic heterocycles. The van der Waals surface area contributed by atoms with E-state index in [2.05, 4.69) is 0 Å². The summed E-state index contributed by atoms with van der Waals surface area (Å²) in [5.74, 6) is 0.736. The zero-order valence-corrected chi connectivity index (χ0v) is 15.2. The number of rotatable bonds is 4. The van der Waals surface area contributed by atoms with Gasteiger partial charge in [-0.15, -0.1) is 0 Å². The van der Waals surface area contributed by atoms with Gasteiger partial charge in [-0.2, -0.15) is 0 Å². The summed E-state index contributed by atoms with van der Waals surface area (Å²) in [6.07, 6.45) is 0.122. The molecule has 25 heavy (non-hydrogen) atoms. The molecule has 0 spiro atoms. The molecule has 1 aliphatic heterocycles. The van der Waals surface area contributed by atoms with Gasteiger partial charge in [0, 0.05) is 29.2 Å². The number of nitrogens with zero attached hydrogens (tertiary/aromatic N) is 1. The summed E-state index contributed by atoms with van der Waals surface area (Å²) in [6, 6.07) is 14.8. The number of morpholine rings is 1. The second-order valence-corrected chi connectivity index (χ2v) is 6.78. The third-order valence-corrected chi connectivity index (χ3v) is 4.53. The van der Waals surface area contributed by atoms with E-state index < -0.39 is 0 Å². The van der Waals surface area contributed by atoms with E-state index in [9.17, 15) is 4.79 Å². The third-order valence-electron chi connectivity index (χ3n) is 4.16. The van der Waals surface area contributed by atoms with Crippen molar-refractivity contribution in [3.8, 4) is 5.75 Å². The van der Waals surface area contributed by atoms with Gasteiger partial charge in [0.15, 0.2) is 0 Å². The molecule has 1 saturated heterocycles. The second kappa shape index (κ2) is 7.89. The number of halogens is 1. The lowest BCUT2D eigenvalue weighted by atomic mass is 10.1. The highest BCUT2D eigenvalue weighted by molar-refractivity contribution is 6.31. The molecule has 1 fully saturated rings. The predicted octanol–water partition coefficient (Wildman–Crippen LogP) is 4.17. The van der Waals surface area contributed by atoms with E-state index in [-0.39, 0.29) is 18.1 Å². The number of carbonyl (C=O) groups is 1. The van der Waals surface area contributed by atoms with Crippen molar-refractivity contribution in [2.75, 3.05) is 13.1 Å². The maximum absolute atomic E-state index is 12.6. The lowest BCUT2D eigenvalue weighted by Crippen LogP contribution is -2.48. The molecule has 0 bridgehead atoms. The molecule has 1 amide bonds. The number of hydrogen-bond acceptors (Lipinski definition) is 3. The summed E-state index contributed by atoms with van der Waals surface area (Å²) in [5, 5.41) is 0.685. The Morgan fingerprint density at radius 2 is 1.76 bits per heavy atom. The molecule has 2 aromatic rings. The van der Waals surface area contributed by atoms with Crippen LogP contribution >= 0.6 is 11.6 Å². The van der Waals surface area contributed by atoms with E-state index in [1.165, 1.54) is 0 Å². The highest BCUT2D eigenvalue weighted by Gasteiger charge is 2.26. The van der Waals surface area contributed by atoms with Crippen LogP contribution < -0.4 is 4.74 Å². The molecule has 0 unspecified atom stereocenters. The summed E-state index contributed by atoms with van der Waals surface area (Å²) in [5.41, 5.74) is 1.59. The number of carbonyl (C=O) groups excluding carboxylic acids is 1. The molecule has 0 saturated carbocycles. The molecule has 2 atom stereocenters. The van der Waals surface area contributed by atoms with Crippen LogP contribution in [-0.4, -0.2) is 36.1 Å². The molecule has 2 aromatic carbocycles. The van der Waals surface area contributed by atoms with Crippen LogP contribution in [-0.2, 0) is 11.3 Å². The van der Waals surface area contributed by atoms with Crippen molar-refractivity contribution in [2.45, 2.75) is 32.7 Å². The van der Waals surface area contributed by atoms with Crippen molar-refractivity contribution in [3.63, 3.8) is 0 Å². The quantitative estimate of drug-likeness (QED) is 0.822. The number of benzene rings is 2. The van der Waals surface area contributed by atoms with Crippen molar-refractivity contribution >= 4 is 17.5 Å². The summed E-state index contributed by atoms with van der Waals surface area (Å²) in [4.78, 5) is 14.5. The molecule has 0 radical (unpaired) electrons. The van der Waals surface area contributed by atoms with Crippen molar-refractivity contribution in [2.24, 2.45) is 0 Å². The normalized spacial score (nSPS) is 20.4. The molecule has 3 rings (SSSR count). The Hall–Kier alpha value is -2.04. The first-order valence-corrected chi connectivity index (χ1v) is 8.81. The fourth-order valence-electron chi connectivity index (χ4n) is 3.00. The van der Waals surface area contributed by atoms with Gasteiger partial charge in [0.2, 0.25) is 0 Å². The lowest BCUT2D eigenvalue weighted by Gasteiger charge is -2.35. The Labute approximate surface area is 153 Å². The largest absolute Gasteiger partial charge is 0.489 e. The van der Waals surface area contributed by atoms with E-state index in [0.29, 0.717) is 36.0 Å². The van der Waals surface area contributed by atoms with Crippen molar-refractivity contribution in [1.29, 1.82) is 0 Å². The van der Waals surface area contributed by atoms with Crippen LogP contribution in [0.4, 0.5) is 0 Å². The first kappa shape index (κ1) is 17.8. The van der Waals surface area contributed by atoms with E-state index in [1.54, 1.807) is 12.1 Å². The Kier molecular flexibility index (Phi) is 5.61. The molecule has 4 nitrogen and oxygen atoms in total. The molecule has 1 aliphatic rings. The van der Waals surface area contributed by atoms with Gasteiger partial charge in [-0.25, -0.2) is 0 Å². The Balaban J connectivity index is 1.62. The summed E-state index contributed by atoms with van der Waals surface area (Å²) >= 11 is 6.13. The minimum Gasteiger partial charge on any atom is -0.489 e. The summed E-state index contributed by atoms with van der Waals surface area (Å²) in [6.45, 7) is 5.61. The summed E-state index contributed by atoms with van der Waals surface area (Å²) in [7, 11) is 0. The van der Waals surface area contributed by atoms with E-state index in [1.807, 2.05) is 55.1 Å². The fraction of sp³-hybridized carbons (Fsp3) is 0.350. The van der Waals surface area contributed by atoms with Gasteiger partial charge in [0.05, 0.1) is 12.2 Å². The topological polar surface area (TPSA) is 38.8 Å². The average Bonchev–Trinajstić information content (AvgIpc) is 2.60. The van der Waals surface area contributed by atoms with Gasteiger partial charge >= 0.3 is 0 Å². The third kappa shape index (κ3) is 4.53. The second-order valence-electron chi connectivity index (χ2n) is 6.37. The van der Waals surface area contributed by atoms with Gasteiger partial charge < -0.3 is 14.4 Å². The average molecular weight is 360 g/mol. The fourth-order valence-corrected chi connectivity index (χ4v) is 3.19. The maximum Gasteiger partial charge on any atom is 0.254 e. The van der Waals surface area contributed by atoms with Crippen LogP contribution in [0.2, 0.25) is 5.02 Å². The van der Waals surface area contributed by atoms with Gasteiger partial charge in [-0.05, 0) is 44.2 Å². The lowest BCUT2D eigenvalue weighted by molar-refractivity contribution is -0.0586. The number of hydrogen-bond donors (Lipinski definition) is 0. The molecule has 5 heteroatoms. The SMILES string of the molecule is C[C@@H]1CN(C(=O)c2ccc(OCc3ccccc3Cl)cc2)C[C@H](C)O1. The van der Waals surface area contributed by atoms with E-state index in [4.69, 9.17) is 21.1 Å². The first-order valence-electron chi connectivity index (χ1n) is 8.44. The van der Waals surface area contributed by atoms with Crippen LogP contribution in [0.3, 0.4) is 0 Å². The van der Waals surface area contributed by atoms with Gasteiger partial charge in [0.25, 0.3) is 5.91 Å². The standard InChI is InChI=1S/C20H22ClNO3/c1-14-11-22(12-15(2)25-14)20(23)16-7-9-18(10-8-16)24-13-17-5-3-4-6-19(17)21/h3-10,14-15H,11-13H2,1-2H3/t14-,15+.